The largest absolute Gasteiger partial charge is 0.487 e. The zero-order valence-electron chi connectivity index (χ0n) is 20.1. The van der Waals surface area contributed by atoms with E-state index >= 15 is 0 Å². The normalized spacial score (nSPS) is 13.1. The molecule has 0 aliphatic heterocycles. The van der Waals surface area contributed by atoms with Crippen molar-refractivity contribution in [1.29, 1.82) is 0 Å². The lowest BCUT2D eigenvalue weighted by molar-refractivity contribution is -0.137. The molecule has 202 valence electrons. The lowest BCUT2D eigenvalue weighted by Gasteiger charge is -2.20. The molecule has 1 atom stereocenters. The fourth-order valence-electron chi connectivity index (χ4n) is 3.60. The third kappa shape index (κ3) is 6.46. The smallest absolute Gasteiger partial charge is 0.416 e. The Morgan fingerprint density at radius 1 is 1.18 bits per heavy atom. The number of nitrogens with two attached hydrogens (primary N) is 1. The van der Waals surface area contributed by atoms with Crippen molar-refractivity contribution in [3.05, 3.63) is 65.5 Å². The summed E-state index contributed by atoms with van der Waals surface area (Å²) in [6, 6.07) is 8.74. The predicted octanol–water partition coefficient (Wildman–Crippen LogP) is 3.65. The van der Waals surface area contributed by atoms with Crippen molar-refractivity contribution in [2.24, 2.45) is 11.1 Å². The lowest BCUT2D eigenvalue weighted by atomic mass is 10.0. The third-order valence-electron chi connectivity index (χ3n) is 5.46. The van der Waals surface area contributed by atoms with Crippen LogP contribution in [0.3, 0.4) is 0 Å². The van der Waals surface area contributed by atoms with Crippen LogP contribution >= 0.6 is 11.3 Å². The Morgan fingerprint density at radius 3 is 2.53 bits per heavy atom. The van der Waals surface area contributed by atoms with Crippen molar-refractivity contribution >= 4 is 37.5 Å². The Kier molecular flexibility index (Phi) is 7.71. The van der Waals surface area contributed by atoms with Gasteiger partial charge < -0.3 is 10.1 Å². The number of rotatable bonds is 9. The summed E-state index contributed by atoms with van der Waals surface area (Å²) < 4.78 is 68.8. The van der Waals surface area contributed by atoms with Crippen LogP contribution in [0.15, 0.2) is 53.0 Å². The van der Waals surface area contributed by atoms with E-state index in [0.717, 1.165) is 23.5 Å². The highest BCUT2D eigenvalue weighted by Crippen LogP contribution is 2.30. The quantitative estimate of drug-likeness (QED) is 0.314. The van der Waals surface area contributed by atoms with Crippen LogP contribution in [0.25, 0.3) is 10.2 Å². The van der Waals surface area contributed by atoms with Crippen molar-refractivity contribution in [3.63, 3.8) is 0 Å². The molecule has 0 radical (unpaired) electrons. The highest BCUT2D eigenvalue weighted by molar-refractivity contribution is 7.91. The second-order valence-corrected chi connectivity index (χ2v) is 11.5. The van der Waals surface area contributed by atoms with Gasteiger partial charge in [0.15, 0.2) is 0 Å². The number of primary sulfonamides is 1. The first-order valence-electron chi connectivity index (χ1n) is 11.2. The minimum absolute atomic E-state index is 0.0321. The number of carbonyl (C=O) groups is 1. The predicted molar refractivity (Wildman–Crippen MR) is 133 cm³/mol. The van der Waals surface area contributed by atoms with Gasteiger partial charge in [0.2, 0.25) is 10.2 Å². The highest BCUT2D eigenvalue weighted by atomic mass is 32.2. The minimum Gasteiger partial charge on any atom is -0.487 e. The molecule has 4 rings (SSSR count). The van der Waals surface area contributed by atoms with Crippen LogP contribution in [0.4, 0.5) is 13.2 Å². The van der Waals surface area contributed by atoms with Crippen molar-refractivity contribution in [3.8, 4) is 5.75 Å². The standard InChI is InChI=1S/C23H23F3N6O4S2/c1-13(2)20(21(33)28-10-14-3-5-15(6-4-14)23(24,25)26)32-11-16(30-31-32)12-36-17-7-8-18-19(9-17)37-22(29-18)38(27,34)35/h3-9,11,13,20H,10,12H2,1-2H3,(H,28,33)(H2,27,34,35). The molecular weight excluding hydrogens is 545 g/mol. The number of hydrogen-bond acceptors (Lipinski definition) is 8. The van der Waals surface area contributed by atoms with E-state index in [1.54, 1.807) is 24.4 Å². The molecule has 2 aromatic carbocycles. The number of benzene rings is 2. The molecule has 0 aliphatic rings. The number of ether oxygens (including phenoxy) is 1. The molecule has 0 saturated heterocycles. The maximum atomic E-state index is 12.9. The van der Waals surface area contributed by atoms with E-state index in [2.05, 4.69) is 20.6 Å². The molecule has 0 saturated carbocycles. The van der Waals surface area contributed by atoms with Crippen LogP contribution in [-0.2, 0) is 34.1 Å². The molecule has 4 aromatic rings. The maximum absolute atomic E-state index is 12.9. The fourth-order valence-corrected chi connectivity index (χ4v) is 5.29. The second kappa shape index (κ2) is 10.7. The highest BCUT2D eigenvalue weighted by Gasteiger charge is 2.30. The molecule has 1 amide bonds. The zero-order valence-corrected chi connectivity index (χ0v) is 21.8. The number of carbonyl (C=O) groups excluding carboxylic acids is 1. The van der Waals surface area contributed by atoms with Crippen LogP contribution in [0.1, 0.15) is 36.7 Å². The van der Waals surface area contributed by atoms with E-state index in [4.69, 9.17) is 9.88 Å². The number of fused-ring (bicyclic) bond motifs is 1. The van der Waals surface area contributed by atoms with Crippen molar-refractivity contribution < 1.29 is 31.1 Å². The van der Waals surface area contributed by atoms with Crippen LogP contribution < -0.4 is 15.2 Å². The summed E-state index contributed by atoms with van der Waals surface area (Å²) >= 11 is 0.929. The molecule has 10 nitrogen and oxygen atoms in total. The maximum Gasteiger partial charge on any atom is 0.416 e. The second-order valence-electron chi connectivity index (χ2n) is 8.73. The number of hydrogen-bond donors (Lipinski definition) is 2. The van der Waals surface area contributed by atoms with E-state index in [9.17, 15) is 26.4 Å². The summed E-state index contributed by atoms with van der Waals surface area (Å²) in [6.07, 6.45) is -2.85. The van der Waals surface area contributed by atoms with Crippen molar-refractivity contribution in [2.45, 2.75) is 43.6 Å². The molecule has 0 bridgehead atoms. The number of halogens is 3. The van der Waals surface area contributed by atoms with Gasteiger partial charge >= 0.3 is 6.18 Å². The average molecular weight is 569 g/mol. The number of aromatic nitrogens is 4. The van der Waals surface area contributed by atoms with Gasteiger partial charge in [0.05, 0.1) is 22.0 Å². The molecule has 0 aliphatic carbocycles. The number of nitrogens with one attached hydrogen (secondary N) is 1. The first-order valence-corrected chi connectivity index (χ1v) is 13.6. The van der Waals surface area contributed by atoms with Gasteiger partial charge in [-0.05, 0) is 41.8 Å². The lowest BCUT2D eigenvalue weighted by Crippen LogP contribution is -2.35. The molecule has 38 heavy (non-hydrogen) atoms. The van der Waals surface area contributed by atoms with E-state index in [0.29, 0.717) is 27.2 Å². The third-order valence-corrected chi connectivity index (χ3v) is 7.80. The van der Waals surface area contributed by atoms with Gasteiger partial charge in [-0.25, -0.2) is 23.2 Å². The summed E-state index contributed by atoms with van der Waals surface area (Å²) in [5.41, 5.74) is 0.682. The molecular formula is C23H23F3N6O4S2. The van der Waals surface area contributed by atoms with Gasteiger partial charge in [0, 0.05) is 6.54 Å². The molecule has 0 spiro atoms. The van der Waals surface area contributed by atoms with Gasteiger partial charge in [-0.3, -0.25) is 4.79 Å². The van der Waals surface area contributed by atoms with Crippen LogP contribution in [0.5, 0.6) is 5.75 Å². The topological polar surface area (TPSA) is 142 Å². The Morgan fingerprint density at radius 2 is 1.89 bits per heavy atom. The van der Waals surface area contributed by atoms with Gasteiger partial charge in [-0.15, -0.1) is 16.4 Å². The van der Waals surface area contributed by atoms with E-state index in [-0.39, 0.29) is 29.3 Å². The molecule has 1 unspecified atom stereocenters. The summed E-state index contributed by atoms with van der Waals surface area (Å²) in [4.78, 5) is 16.9. The fraction of sp³-hybridized carbons (Fsp3) is 0.304. The number of thiazole rings is 1. The molecule has 3 N–H and O–H groups in total. The van der Waals surface area contributed by atoms with E-state index in [1.807, 2.05) is 13.8 Å². The Hall–Kier alpha value is -3.56. The van der Waals surface area contributed by atoms with Gasteiger partial charge in [-0.1, -0.05) is 31.2 Å². The Balaban J connectivity index is 1.39. The number of amides is 1. The van der Waals surface area contributed by atoms with Crippen LogP contribution in [-0.4, -0.2) is 34.3 Å². The Labute approximate surface area is 219 Å². The van der Waals surface area contributed by atoms with Crippen molar-refractivity contribution in [1.82, 2.24) is 25.3 Å². The summed E-state index contributed by atoms with van der Waals surface area (Å²) in [5, 5.41) is 16.0. The molecule has 15 heteroatoms. The van der Waals surface area contributed by atoms with Crippen molar-refractivity contribution in [2.75, 3.05) is 0 Å². The van der Waals surface area contributed by atoms with Gasteiger partial charge in [0.1, 0.15) is 24.1 Å². The zero-order chi connectivity index (χ0) is 27.7. The molecule has 2 heterocycles. The average Bonchev–Trinajstić information content (AvgIpc) is 3.48. The summed E-state index contributed by atoms with van der Waals surface area (Å²) in [6.45, 7) is 3.75. The minimum atomic E-state index is -4.43. The van der Waals surface area contributed by atoms with Gasteiger partial charge in [0.25, 0.3) is 10.0 Å². The molecule has 2 aromatic heterocycles. The first-order chi connectivity index (χ1) is 17.8. The summed E-state index contributed by atoms with van der Waals surface area (Å²) in [7, 11) is -3.91. The van der Waals surface area contributed by atoms with E-state index < -0.39 is 27.8 Å². The Bertz CT molecular complexity index is 1550. The SMILES string of the molecule is CC(C)C(C(=O)NCc1ccc(C(F)(F)F)cc1)n1cc(COc2ccc3nc(S(N)(=O)=O)sc3c2)nn1. The first kappa shape index (κ1) is 27.5. The summed E-state index contributed by atoms with van der Waals surface area (Å²) in [5.74, 6) is -0.0789. The monoisotopic (exact) mass is 568 g/mol. The number of nitrogens with zero attached hydrogens (tertiary/aromatic N) is 4. The van der Waals surface area contributed by atoms with E-state index in [1.165, 1.54) is 16.8 Å². The van der Waals surface area contributed by atoms with Crippen LogP contribution in [0, 0.1) is 5.92 Å². The molecule has 0 fully saturated rings. The number of alkyl halides is 3. The van der Waals surface area contributed by atoms with Gasteiger partial charge in [-0.2, -0.15) is 13.2 Å². The van der Waals surface area contributed by atoms with Crippen LogP contribution in [0.2, 0.25) is 0 Å². The number of sulfonamides is 1.